The zero-order valence-corrected chi connectivity index (χ0v) is 52.4. The summed E-state index contributed by atoms with van der Waals surface area (Å²) in [6.45, 7) is 6.41. The minimum Gasteiger partial charge on any atom is -0.462 e. The van der Waals surface area contributed by atoms with Gasteiger partial charge in [-0.3, -0.25) is 14.4 Å². The van der Waals surface area contributed by atoms with Gasteiger partial charge in [0.1, 0.15) is 13.2 Å². The topological polar surface area (TPSA) is 78.9 Å². The smallest absolute Gasteiger partial charge is 0.306 e. The maximum atomic E-state index is 12.9. The van der Waals surface area contributed by atoms with Crippen molar-refractivity contribution in [3.63, 3.8) is 0 Å². The van der Waals surface area contributed by atoms with Crippen LogP contribution in [0.1, 0.15) is 342 Å². The normalized spacial score (nSPS) is 12.6. The van der Waals surface area contributed by atoms with E-state index in [1.807, 2.05) is 0 Å². The summed E-state index contributed by atoms with van der Waals surface area (Å²) in [5.74, 6) is -0.927. The van der Waals surface area contributed by atoms with Crippen molar-refractivity contribution in [1.82, 2.24) is 0 Å². The van der Waals surface area contributed by atoms with Gasteiger partial charge >= 0.3 is 17.9 Å². The molecule has 79 heavy (non-hydrogen) atoms. The van der Waals surface area contributed by atoms with Crippen LogP contribution in [-0.4, -0.2) is 37.2 Å². The number of carbonyl (C=O) groups excluding carboxylic acids is 3. The summed E-state index contributed by atoms with van der Waals surface area (Å²) < 4.78 is 16.9. The standard InChI is InChI=1S/C73H128O6/c1-4-7-10-13-16-19-22-25-27-28-29-30-31-32-33-34-35-36-37-38-39-40-41-42-43-44-46-48-51-54-57-60-63-66-72(75)78-69-70(68-77-71(74)65-62-59-56-53-50-47-24-21-18-15-12-9-6-3)79-73(76)67-64-61-58-55-52-49-45-26-23-20-17-14-11-8-5-2/h8-9,11-12,17-18,20-21,26,28-29,45,47,50,70H,4-7,10,13-16,19,22-25,27,30-44,46,48-49,51-69H2,1-3H3/b11-8-,12-9-,20-17-,21-18-,29-28-,45-26-,50-47-. The largest absolute Gasteiger partial charge is 0.462 e. The molecule has 0 bridgehead atoms. The average molecular weight is 1100 g/mol. The molecule has 1 unspecified atom stereocenters. The van der Waals surface area contributed by atoms with Crippen LogP contribution in [0.25, 0.3) is 0 Å². The van der Waals surface area contributed by atoms with Crippen molar-refractivity contribution in [2.24, 2.45) is 0 Å². The first-order chi connectivity index (χ1) is 39.0. The molecule has 0 aromatic rings. The molecule has 0 aromatic heterocycles. The fourth-order valence-corrected chi connectivity index (χ4v) is 9.82. The van der Waals surface area contributed by atoms with Gasteiger partial charge in [0.05, 0.1) is 0 Å². The van der Waals surface area contributed by atoms with Crippen LogP contribution in [0.3, 0.4) is 0 Å². The van der Waals surface area contributed by atoms with Crippen LogP contribution in [0.15, 0.2) is 85.1 Å². The van der Waals surface area contributed by atoms with E-state index in [-0.39, 0.29) is 31.1 Å². The molecule has 0 aliphatic heterocycles. The second-order valence-electron chi connectivity index (χ2n) is 22.7. The molecule has 0 rings (SSSR count). The number of hydrogen-bond donors (Lipinski definition) is 0. The Balaban J connectivity index is 4.13. The Labute approximate surface area is 490 Å². The monoisotopic (exact) mass is 1100 g/mol. The molecule has 0 aliphatic rings. The van der Waals surface area contributed by atoms with E-state index in [1.165, 1.54) is 180 Å². The molecule has 0 fully saturated rings. The lowest BCUT2D eigenvalue weighted by Crippen LogP contribution is -2.30. The van der Waals surface area contributed by atoms with E-state index in [2.05, 4.69) is 106 Å². The Hall–Kier alpha value is -3.41. The van der Waals surface area contributed by atoms with E-state index < -0.39 is 6.10 Å². The number of rotatable bonds is 62. The number of unbranched alkanes of at least 4 members (excludes halogenated alkanes) is 37. The number of hydrogen-bond acceptors (Lipinski definition) is 6. The van der Waals surface area contributed by atoms with Crippen LogP contribution in [0.4, 0.5) is 0 Å². The molecule has 6 nitrogen and oxygen atoms in total. The third kappa shape index (κ3) is 65.3. The number of carbonyl (C=O) groups is 3. The lowest BCUT2D eigenvalue weighted by Gasteiger charge is -2.18. The summed E-state index contributed by atoms with van der Waals surface area (Å²) in [4.78, 5) is 38.3. The highest BCUT2D eigenvalue weighted by atomic mass is 16.6. The van der Waals surface area contributed by atoms with Gasteiger partial charge in [0.2, 0.25) is 0 Å². The Morgan fingerprint density at radius 1 is 0.266 bits per heavy atom. The minimum absolute atomic E-state index is 0.0909. The summed E-state index contributed by atoms with van der Waals surface area (Å²) in [7, 11) is 0. The van der Waals surface area contributed by atoms with Crippen molar-refractivity contribution >= 4 is 17.9 Å². The summed E-state index contributed by atoms with van der Waals surface area (Å²) in [5.41, 5.74) is 0. The van der Waals surface area contributed by atoms with Crippen LogP contribution in [0.5, 0.6) is 0 Å². The quantitative estimate of drug-likeness (QED) is 0.0261. The zero-order valence-electron chi connectivity index (χ0n) is 52.4. The van der Waals surface area contributed by atoms with Crippen molar-refractivity contribution in [2.45, 2.75) is 348 Å². The fourth-order valence-electron chi connectivity index (χ4n) is 9.82. The molecule has 0 spiro atoms. The second kappa shape index (κ2) is 67.1. The van der Waals surface area contributed by atoms with Crippen LogP contribution < -0.4 is 0 Å². The van der Waals surface area contributed by atoms with Gasteiger partial charge in [-0.25, -0.2) is 0 Å². The molecule has 0 heterocycles. The second-order valence-corrected chi connectivity index (χ2v) is 22.7. The lowest BCUT2D eigenvalue weighted by atomic mass is 10.0. The van der Waals surface area contributed by atoms with Crippen molar-refractivity contribution in [1.29, 1.82) is 0 Å². The Morgan fingerprint density at radius 3 is 0.797 bits per heavy atom. The highest BCUT2D eigenvalue weighted by molar-refractivity contribution is 5.71. The van der Waals surface area contributed by atoms with Gasteiger partial charge in [0.15, 0.2) is 6.10 Å². The first-order valence-corrected chi connectivity index (χ1v) is 34.1. The van der Waals surface area contributed by atoms with Gasteiger partial charge in [-0.1, -0.05) is 298 Å². The van der Waals surface area contributed by atoms with Gasteiger partial charge in [-0.05, 0) is 109 Å². The SMILES string of the molecule is CC/C=C\C/C=C\C/C=C\CCCCCCCC(=O)OC(COC(=O)CCCCC/C=C\C/C=C\C/C=C\CC)COC(=O)CCCCCCCCCCCCCCCCCCCCCCC/C=C\CCCCCCCCCC. The van der Waals surface area contributed by atoms with E-state index in [0.717, 1.165) is 122 Å². The van der Waals surface area contributed by atoms with E-state index in [9.17, 15) is 14.4 Å². The van der Waals surface area contributed by atoms with Crippen molar-refractivity contribution in [3.05, 3.63) is 85.1 Å². The van der Waals surface area contributed by atoms with Crippen LogP contribution in [-0.2, 0) is 28.6 Å². The van der Waals surface area contributed by atoms with Crippen molar-refractivity contribution in [3.8, 4) is 0 Å². The Morgan fingerprint density at radius 2 is 0.494 bits per heavy atom. The predicted octanol–water partition coefficient (Wildman–Crippen LogP) is 23.4. The van der Waals surface area contributed by atoms with E-state index in [1.54, 1.807) is 0 Å². The summed E-state index contributed by atoms with van der Waals surface area (Å²) in [6.07, 6.45) is 89.2. The number of ether oxygens (including phenoxy) is 3. The van der Waals surface area contributed by atoms with Gasteiger partial charge in [-0.2, -0.15) is 0 Å². The molecule has 456 valence electrons. The first kappa shape index (κ1) is 75.6. The molecule has 0 amide bonds. The first-order valence-electron chi connectivity index (χ1n) is 34.1. The molecular weight excluding hydrogens is 973 g/mol. The van der Waals surface area contributed by atoms with E-state index >= 15 is 0 Å². The highest BCUT2D eigenvalue weighted by Gasteiger charge is 2.19. The minimum atomic E-state index is -0.798. The highest BCUT2D eigenvalue weighted by Crippen LogP contribution is 2.17. The van der Waals surface area contributed by atoms with Gasteiger partial charge in [0.25, 0.3) is 0 Å². The molecule has 0 saturated carbocycles. The fraction of sp³-hybridized carbons (Fsp3) is 0.767. The Kier molecular flexibility index (Phi) is 64.2. The maximum Gasteiger partial charge on any atom is 0.306 e. The average Bonchev–Trinajstić information content (AvgIpc) is 3.45. The van der Waals surface area contributed by atoms with Crippen LogP contribution in [0, 0.1) is 0 Å². The third-order valence-electron chi connectivity index (χ3n) is 14.9. The molecule has 1 atom stereocenters. The lowest BCUT2D eigenvalue weighted by molar-refractivity contribution is -0.167. The van der Waals surface area contributed by atoms with Crippen LogP contribution >= 0.6 is 0 Å². The molecule has 0 saturated heterocycles. The van der Waals surface area contributed by atoms with E-state index in [0.29, 0.717) is 19.3 Å². The van der Waals surface area contributed by atoms with Crippen molar-refractivity contribution in [2.75, 3.05) is 13.2 Å². The van der Waals surface area contributed by atoms with Gasteiger partial charge in [0, 0.05) is 19.3 Å². The molecule has 0 aliphatic carbocycles. The molecule has 0 radical (unpaired) electrons. The number of esters is 3. The maximum absolute atomic E-state index is 12.9. The number of allylic oxidation sites excluding steroid dienone is 14. The van der Waals surface area contributed by atoms with E-state index in [4.69, 9.17) is 14.2 Å². The molecular formula is C73H128O6. The molecule has 0 N–H and O–H groups in total. The van der Waals surface area contributed by atoms with Crippen molar-refractivity contribution < 1.29 is 28.6 Å². The molecule has 0 aromatic carbocycles. The third-order valence-corrected chi connectivity index (χ3v) is 14.9. The van der Waals surface area contributed by atoms with Gasteiger partial charge < -0.3 is 14.2 Å². The van der Waals surface area contributed by atoms with Gasteiger partial charge in [-0.15, -0.1) is 0 Å². The summed E-state index contributed by atoms with van der Waals surface area (Å²) in [6, 6.07) is 0. The summed E-state index contributed by atoms with van der Waals surface area (Å²) in [5, 5.41) is 0. The zero-order chi connectivity index (χ0) is 57.1. The Bertz CT molecular complexity index is 1500. The van der Waals surface area contributed by atoms with Crippen LogP contribution in [0.2, 0.25) is 0 Å². The predicted molar refractivity (Wildman–Crippen MR) is 344 cm³/mol. The summed E-state index contributed by atoms with van der Waals surface area (Å²) >= 11 is 0. The molecule has 6 heteroatoms.